The van der Waals surface area contributed by atoms with Gasteiger partial charge in [0, 0.05) is 0 Å². The number of H-pyrrole nitrogens is 1. The fraction of sp³-hybridized carbons (Fsp3) is 0.182. The molecule has 1 heterocycles. The Kier molecular flexibility index (Phi) is 2.66. The van der Waals surface area contributed by atoms with E-state index in [2.05, 4.69) is 10.2 Å². The molecule has 3 N–H and O–H groups in total. The molecule has 5 nitrogen and oxygen atoms in total. The minimum atomic E-state index is -3.58. The van der Waals surface area contributed by atoms with Crippen molar-refractivity contribution in [3.8, 4) is 0 Å². The van der Waals surface area contributed by atoms with Gasteiger partial charge >= 0.3 is 0 Å². The molecule has 0 radical (unpaired) electrons. The third-order valence-corrected chi connectivity index (χ3v) is 4.49. The normalized spacial score (nSPS) is 11.6. The van der Waals surface area contributed by atoms with Gasteiger partial charge in [-0.1, -0.05) is 6.07 Å². The van der Waals surface area contributed by atoms with Crippen molar-refractivity contribution in [1.82, 2.24) is 10.2 Å². The fourth-order valence-electron chi connectivity index (χ4n) is 1.51. The van der Waals surface area contributed by atoms with Gasteiger partial charge in [0.15, 0.2) is 0 Å². The largest absolute Gasteiger partial charge is 0.383 e. The Balaban J connectivity index is 2.60. The van der Waals surface area contributed by atoms with Crippen LogP contribution in [0.1, 0.15) is 11.1 Å². The van der Waals surface area contributed by atoms with E-state index in [9.17, 15) is 8.42 Å². The summed E-state index contributed by atoms with van der Waals surface area (Å²) in [6.45, 7) is 3.80. The SMILES string of the molecule is Cc1ccc(S(=O)(=O)c2cn[nH]c2N)cc1C. The molecule has 17 heavy (non-hydrogen) atoms. The zero-order valence-electron chi connectivity index (χ0n) is 9.56. The van der Waals surface area contributed by atoms with E-state index >= 15 is 0 Å². The van der Waals surface area contributed by atoms with Gasteiger partial charge in [-0.15, -0.1) is 0 Å². The lowest BCUT2D eigenvalue weighted by Crippen LogP contribution is -2.04. The second-order valence-electron chi connectivity index (χ2n) is 3.90. The van der Waals surface area contributed by atoms with Crippen molar-refractivity contribution in [2.24, 2.45) is 0 Å². The molecule has 90 valence electrons. The highest BCUT2D eigenvalue weighted by atomic mass is 32.2. The van der Waals surface area contributed by atoms with Crippen LogP contribution in [0.15, 0.2) is 34.2 Å². The van der Waals surface area contributed by atoms with Crippen molar-refractivity contribution in [1.29, 1.82) is 0 Å². The molecule has 0 atom stereocenters. The predicted molar refractivity (Wildman–Crippen MR) is 64.4 cm³/mol. The molecule has 0 bridgehead atoms. The first-order chi connectivity index (χ1) is 7.93. The van der Waals surface area contributed by atoms with Gasteiger partial charge in [0.2, 0.25) is 9.84 Å². The molecule has 2 rings (SSSR count). The number of benzene rings is 1. The number of nitrogens with zero attached hydrogens (tertiary/aromatic N) is 1. The number of hydrogen-bond donors (Lipinski definition) is 2. The van der Waals surface area contributed by atoms with Gasteiger partial charge in [0.05, 0.1) is 11.1 Å². The van der Waals surface area contributed by atoms with Crippen LogP contribution >= 0.6 is 0 Å². The number of nitrogens with one attached hydrogen (secondary N) is 1. The number of hydrogen-bond acceptors (Lipinski definition) is 4. The summed E-state index contributed by atoms with van der Waals surface area (Å²) in [5.74, 6) is 0.0585. The lowest BCUT2D eigenvalue weighted by Gasteiger charge is -2.05. The van der Waals surface area contributed by atoms with Crippen molar-refractivity contribution >= 4 is 15.7 Å². The third-order valence-electron chi connectivity index (χ3n) is 2.71. The molecule has 0 amide bonds. The predicted octanol–water partition coefficient (Wildman–Crippen LogP) is 1.44. The summed E-state index contributed by atoms with van der Waals surface area (Å²) in [6.07, 6.45) is 1.22. The Morgan fingerprint density at radius 2 is 1.94 bits per heavy atom. The maximum Gasteiger partial charge on any atom is 0.211 e. The summed E-state index contributed by atoms with van der Waals surface area (Å²) >= 11 is 0. The molecule has 6 heteroatoms. The van der Waals surface area contributed by atoms with E-state index in [1.807, 2.05) is 13.8 Å². The Morgan fingerprint density at radius 1 is 1.24 bits per heavy atom. The smallest absolute Gasteiger partial charge is 0.211 e. The zero-order valence-corrected chi connectivity index (χ0v) is 10.4. The topological polar surface area (TPSA) is 88.8 Å². The first-order valence-electron chi connectivity index (χ1n) is 5.04. The number of sulfone groups is 1. The van der Waals surface area contributed by atoms with E-state index in [-0.39, 0.29) is 15.6 Å². The highest BCUT2D eigenvalue weighted by Gasteiger charge is 2.22. The van der Waals surface area contributed by atoms with Crippen LogP contribution in [0.5, 0.6) is 0 Å². The number of nitrogens with two attached hydrogens (primary N) is 1. The maximum absolute atomic E-state index is 12.2. The molecule has 0 unspecified atom stereocenters. The van der Waals surface area contributed by atoms with Crippen LogP contribution in [-0.4, -0.2) is 18.6 Å². The highest BCUT2D eigenvalue weighted by Crippen LogP contribution is 2.25. The fourth-order valence-corrected chi connectivity index (χ4v) is 2.87. The summed E-state index contributed by atoms with van der Waals surface area (Å²) in [5, 5.41) is 6.04. The molecule has 2 aromatic rings. The van der Waals surface area contributed by atoms with Crippen LogP contribution in [-0.2, 0) is 9.84 Å². The van der Waals surface area contributed by atoms with Crippen LogP contribution in [0.4, 0.5) is 5.82 Å². The quantitative estimate of drug-likeness (QED) is 0.845. The van der Waals surface area contributed by atoms with Crippen molar-refractivity contribution in [2.45, 2.75) is 23.6 Å². The molecule has 0 aliphatic rings. The van der Waals surface area contributed by atoms with Crippen LogP contribution in [0.2, 0.25) is 0 Å². The summed E-state index contributed by atoms with van der Waals surface area (Å²) in [5.41, 5.74) is 7.50. The number of nitrogen functional groups attached to an aromatic ring is 1. The van der Waals surface area contributed by atoms with Gasteiger partial charge in [-0.25, -0.2) is 8.42 Å². The van der Waals surface area contributed by atoms with Crippen molar-refractivity contribution < 1.29 is 8.42 Å². The second kappa shape index (κ2) is 3.89. The van der Waals surface area contributed by atoms with E-state index in [4.69, 9.17) is 5.73 Å². The van der Waals surface area contributed by atoms with Crippen molar-refractivity contribution in [3.63, 3.8) is 0 Å². The van der Waals surface area contributed by atoms with E-state index in [1.165, 1.54) is 6.20 Å². The van der Waals surface area contributed by atoms with E-state index in [0.717, 1.165) is 11.1 Å². The number of aromatic nitrogens is 2. The van der Waals surface area contributed by atoms with Gasteiger partial charge in [-0.2, -0.15) is 5.10 Å². The lowest BCUT2D eigenvalue weighted by atomic mass is 10.1. The number of aryl methyl sites for hydroxylation is 2. The Bertz CT molecular complexity index is 659. The maximum atomic E-state index is 12.2. The van der Waals surface area contributed by atoms with Crippen molar-refractivity contribution in [2.75, 3.05) is 5.73 Å². The molecular weight excluding hydrogens is 238 g/mol. The van der Waals surface area contributed by atoms with E-state index in [0.29, 0.717) is 0 Å². The van der Waals surface area contributed by atoms with Crippen LogP contribution in [0, 0.1) is 13.8 Å². The molecule has 0 fully saturated rings. The number of aromatic amines is 1. The molecule has 0 saturated carbocycles. The summed E-state index contributed by atoms with van der Waals surface area (Å²) < 4.78 is 24.5. The standard InChI is InChI=1S/C11H13N3O2S/c1-7-3-4-9(5-8(7)2)17(15,16)10-6-13-14-11(10)12/h3-6H,1-2H3,(H3,12,13,14). The van der Waals surface area contributed by atoms with Crippen LogP contribution in [0.25, 0.3) is 0 Å². The van der Waals surface area contributed by atoms with Gasteiger partial charge in [-0.3, -0.25) is 5.10 Å². The summed E-state index contributed by atoms with van der Waals surface area (Å²) in [7, 11) is -3.58. The number of anilines is 1. The van der Waals surface area contributed by atoms with Crippen molar-refractivity contribution in [3.05, 3.63) is 35.5 Å². The minimum Gasteiger partial charge on any atom is -0.383 e. The lowest BCUT2D eigenvalue weighted by molar-refractivity contribution is 0.596. The summed E-state index contributed by atoms with van der Waals surface area (Å²) in [6, 6.07) is 4.99. The molecule has 1 aromatic heterocycles. The average Bonchev–Trinajstić information content (AvgIpc) is 2.69. The Labute approximate surface area is 99.6 Å². The molecular formula is C11H13N3O2S. The summed E-state index contributed by atoms with van der Waals surface area (Å²) in [4.78, 5) is 0.245. The van der Waals surface area contributed by atoms with Gasteiger partial charge in [0.1, 0.15) is 10.7 Å². The molecule has 0 spiro atoms. The van der Waals surface area contributed by atoms with E-state index < -0.39 is 9.84 Å². The zero-order chi connectivity index (χ0) is 12.6. The molecule has 1 aromatic carbocycles. The third kappa shape index (κ3) is 1.91. The minimum absolute atomic E-state index is 0.0146. The Morgan fingerprint density at radius 3 is 2.47 bits per heavy atom. The first kappa shape index (κ1) is 11.7. The molecule has 0 aliphatic carbocycles. The molecule has 0 saturated heterocycles. The van der Waals surface area contributed by atoms with Crippen LogP contribution in [0.3, 0.4) is 0 Å². The van der Waals surface area contributed by atoms with Crippen LogP contribution < -0.4 is 5.73 Å². The average molecular weight is 251 g/mol. The first-order valence-corrected chi connectivity index (χ1v) is 6.52. The monoisotopic (exact) mass is 251 g/mol. The van der Waals surface area contributed by atoms with E-state index in [1.54, 1.807) is 18.2 Å². The van der Waals surface area contributed by atoms with Gasteiger partial charge in [0.25, 0.3) is 0 Å². The van der Waals surface area contributed by atoms with Gasteiger partial charge in [-0.05, 0) is 37.1 Å². The number of rotatable bonds is 2. The molecule has 0 aliphatic heterocycles. The highest BCUT2D eigenvalue weighted by molar-refractivity contribution is 7.91. The second-order valence-corrected chi connectivity index (χ2v) is 5.82. The Hall–Kier alpha value is -1.82. The van der Waals surface area contributed by atoms with Gasteiger partial charge < -0.3 is 5.73 Å².